The van der Waals surface area contributed by atoms with Crippen LogP contribution in [0.4, 0.5) is 5.69 Å². The highest BCUT2D eigenvalue weighted by molar-refractivity contribution is 9.10. The van der Waals surface area contributed by atoms with E-state index in [4.69, 9.17) is 22.1 Å². The molecule has 0 fully saturated rings. The number of halogens is 2. The minimum Gasteiger partial charge on any atom is -0.497 e. The highest BCUT2D eigenvalue weighted by atomic mass is 79.9. The lowest BCUT2D eigenvalue weighted by molar-refractivity contribution is 0.100. The van der Waals surface area contributed by atoms with Crippen molar-refractivity contribution in [2.24, 2.45) is 5.73 Å². The second-order valence-electron chi connectivity index (χ2n) is 4.37. The number of hydrogen-bond acceptors (Lipinski definition) is 3. The SMILES string of the molecule is COc1ccc(Br)c(CNc2ccc(Cl)c(C(N)=O)c2)c1. The maximum absolute atomic E-state index is 11.3. The van der Waals surface area contributed by atoms with E-state index in [1.165, 1.54) is 0 Å². The van der Waals surface area contributed by atoms with E-state index in [0.29, 0.717) is 17.1 Å². The van der Waals surface area contributed by atoms with Crippen molar-refractivity contribution in [3.05, 3.63) is 57.0 Å². The van der Waals surface area contributed by atoms with Crippen molar-refractivity contribution in [3.63, 3.8) is 0 Å². The minimum atomic E-state index is -0.550. The standard InChI is InChI=1S/C15H14BrClN2O2/c1-21-11-3-4-13(16)9(6-11)8-19-10-2-5-14(17)12(7-10)15(18)20/h2-7,19H,8H2,1H3,(H2,18,20). The molecule has 6 heteroatoms. The molecule has 0 bridgehead atoms. The maximum atomic E-state index is 11.3. The Morgan fingerprint density at radius 2 is 2.10 bits per heavy atom. The van der Waals surface area contributed by atoms with E-state index in [2.05, 4.69) is 21.2 Å². The van der Waals surface area contributed by atoms with Gasteiger partial charge in [0.1, 0.15) is 5.75 Å². The van der Waals surface area contributed by atoms with Crippen molar-refractivity contribution in [1.82, 2.24) is 0 Å². The lowest BCUT2D eigenvalue weighted by Crippen LogP contribution is -2.12. The van der Waals surface area contributed by atoms with Crippen LogP contribution in [0, 0.1) is 0 Å². The Bertz CT molecular complexity index is 677. The van der Waals surface area contributed by atoms with Crippen LogP contribution in [0.15, 0.2) is 40.9 Å². The Morgan fingerprint density at radius 1 is 1.33 bits per heavy atom. The molecule has 0 radical (unpaired) electrons. The summed E-state index contributed by atoms with van der Waals surface area (Å²) in [5, 5.41) is 3.57. The number of nitrogens with two attached hydrogens (primary N) is 1. The number of methoxy groups -OCH3 is 1. The Morgan fingerprint density at radius 3 is 2.76 bits per heavy atom. The number of carbonyl (C=O) groups excluding carboxylic acids is 1. The molecule has 0 unspecified atom stereocenters. The molecular formula is C15H14BrClN2O2. The van der Waals surface area contributed by atoms with Crippen molar-refractivity contribution in [2.45, 2.75) is 6.54 Å². The van der Waals surface area contributed by atoms with Gasteiger partial charge in [-0.1, -0.05) is 27.5 Å². The second-order valence-corrected chi connectivity index (χ2v) is 5.63. The van der Waals surface area contributed by atoms with Crippen LogP contribution in [0.5, 0.6) is 5.75 Å². The quantitative estimate of drug-likeness (QED) is 0.842. The summed E-state index contributed by atoms with van der Waals surface area (Å²) in [4.78, 5) is 11.3. The van der Waals surface area contributed by atoms with Crippen LogP contribution in [-0.4, -0.2) is 13.0 Å². The van der Waals surface area contributed by atoms with Crippen LogP contribution in [0.2, 0.25) is 5.02 Å². The van der Waals surface area contributed by atoms with E-state index in [-0.39, 0.29) is 0 Å². The van der Waals surface area contributed by atoms with Crippen LogP contribution in [0.1, 0.15) is 15.9 Å². The van der Waals surface area contributed by atoms with Crippen molar-refractivity contribution in [1.29, 1.82) is 0 Å². The predicted octanol–water partition coefficient (Wildman–Crippen LogP) is 3.82. The van der Waals surface area contributed by atoms with Crippen molar-refractivity contribution >= 4 is 39.1 Å². The smallest absolute Gasteiger partial charge is 0.250 e. The zero-order chi connectivity index (χ0) is 15.4. The summed E-state index contributed by atoms with van der Waals surface area (Å²) in [5.74, 6) is 0.232. The molecule has 0 aliphatic rings. The fraction of sp³-hybridized carbons (Fsp3) is 0.133. The molecule has 2 aromatic carbocycles. The fourth-order valence-electron chi connectivity index (χ4n) is 1.83. The van der Waals surface area contributed by atoms with Gasteiger partial charge in [-0.3, -0.25) is 4.79 Å². The average Bonchev–Trinajstić information content (AvgIpc) is 2.47. The Balaban J connectivity index is 2.16. The summed E-state index contributed by atoms with van der Waals surface area (Å²) >= 11 is 9.41. The number of rotatable bonds is 5. The first-order chi connectivity index (χ1) is 10.0. The molecule has 0 atom stereocenters. The second kappa shape index (κ2) is 6.83. The molecule has 110 valence electrons. The van der Waals surface area contributed by atoms with Crippen LogP contribution in [0.25, 0.3) is 0 Å². The summed E-state index contributed by atoms with van der Waals surface area (Å²) in [5.41, 5.74) is 7.37. The van der Waals surface area contributed by atoms with Crippen LogP contribution in [-0.2, 0) is 6.54 Å². The molecule has 4 nitrogen and oxygen atoms in total. The van der Waals surface area contributed by atoms with Crippen LogP contribution >= 0.6 is 27.5 Å². The number of carbonyl (C=O) groups is 1. The van der Waals surface area contributed by atoms with Gasteiger partial charge in [-0.15, -0.1) is 0 Å². The number of benzene rings is 2. The van der Waals surface area contributed by atoms with Gasteiger partial charge in [-0.2, -0.15) is 0 Å². The van der Waals surface area contributed by atoms with Gasteiger partial charge >= 0.3 is 0 Å². The molecule has 0 aromatic heterocycles. The van der Waals surface area contributed by atoms with E-state index < -0.39 is 5.91 Å². The summed E-state index contributed by atoms with van der Waals surface area (Å²) < 4.78 is 6.17. The van der Waals surface area contributed by atoms with E-state index in [1.54, 1.807) is 25.3 Å². The minimum absolute atomic E-state index is 0.298. The van der Waals surface area contributed by atoms with Gasteiger partial charge < -0.3 is 15.8 Å². The molecule has 0 heterocycles. The molecule has 21 heavy (non-hydrogen) atoms. The van der Waals surface area contributed by atoms with Crippen LogP contribution in [0.3, 0.4) is 0 Å². The Hall–Kier alpha value is -1.72. The number of anilines is 1. The molecule has 0 saturated carbocycles. The summed E-state index contributed by atoms with van der Waals surface area (Å²) in [6.45, 7) is 0.567. The van der Waals surface area contributed by atoms with Crippen molar-refractivity contribution in [3.8, 4) is 5.75 Å². The molecule has 2 aromatic rings. The van der Waals surface area contributed by atoms with E-state index in [0.717, 1.165) is 21.5 Å². The Labute approximate surface area is 136 Å². The number of amides is 1. The zero-order valence-corrected chi connectivity index (χ0v) is 13.7. The lowest BCUT2D eigenvalue weighted by atomic mass is 10.1. The summed E-state index contributed by atoms with van der Waals surface area (Å²) in [6.07, 6.45) is 0. The monoisotopic (exact) mass is 368 g/mol. The topological polar surface area (TPSA) is 64.3 Å². The number of hydrogen-bond donors (Lipinski definition) is 2. The van der Waals surface area contributed by atoms with Gasteiger partial charge in [0.25, 0.3) is 0 Å². The molecule has 0 spiro atoms. The maximum Gasteiger partial charge on any atom is 0.250 e. The first-order valence-electron chi connectivity index (χ1n) is 6.17. The Kier molecular flexibility index (Phi) is 5.09. The predicted molar refractivity (Wildman–Crippen MR) is 88.0 cm³/mol. The van der Waals surface area contributed by atoms with Crippen molar-refractivity contribution < 1.29 is 9.53 Å². The van der Waals surface area contributed by atoms with Gasteiger partial charge in [0, 0.05) is 16.7 Å². The molecular weight excluding hydrogens is 356 g/mol. The molecule has 0 saturated heterocycles. The molecule has 1 amide bonds. The fourth-order valence-corrected chi connectivity index (χ4v) is 2.43. The van der Waals surface area contributed by atoms with E-state index in [1.807, 2.05) is 18.2 Å². The van der Waals surface area contributed by atoms with Gasteiger partial charge in [0.05, 0.1) is 17.7 Å². The number of primary amides is 1. The highest BCUT2D eigenvalue weighted by Gasteiger charge is 2.08. The van der Waals surface area contributed by atoms with Gasteiger partial charge in [-0.25, -0.2) is 0 Å². The van der Waals surface area contributed by atoms with E-state index >= 15 is 0 Å². The zero-order valence-electron chi connectivity index (χ0n) is 11.3. The first kappa shape index (κ1) is 15.7. The van der Waals surface area contributed by atoms with Gasteiger partial charge in [0.15, 0.2) is 0 Å². The van der Waals surface area contributed by atoms with Gasteiger partial charge in [-0.05, 0) is 42.0 Å². The van der Waals surface area contributed by atoms with Gasteiger partial charge in [0.2, 0.25) is 5.91 Å². The molecule has 0 aliphatic carbocycles. The van der Waals surface area contributed by atoms with Crippen LogP contribution < -0.4 is 15.8 Å². The number of ether oxygens (including phenoxy) is 1. The van der Waals surface area contributed by atoms with E-state index in [9.17, 15) is 4.79 Å². The summed E-state index contributed by atoms with van der Waals surface area (Å²) in [7, 11) is 1.62. The molecule has 3 N–H and O–H groups in total. The molecule has 2 rings (SSSR count). The lowest BCUT2D eigenvalue weighted by Gasteiger charge is -2.11. The third kappa shape index (κ3) is 3.89. The third-order valence-corrected chi connectivity index (χ3v) is 4.07. The normalized spacial score (nSPS) is 10.2. The average molecular weight is 370 g/mol. The largest absolute Gasteiger partial charge is 0.497 e. The first-order valence-corrected chi connectivity index (χ1v) is 7.34. The van der Waals surface area contributed by atoms with Crippen molar-refractivity contribution in [2.75, 3.05) is 12.4 Å². The number of nitrogens with one attached hydrogen (secondary N) is 1. The summed E-state index contributed by atoms with van der Waals surface area (Å²) in [6, 6.07) is 10.8. The third-order valence-electron chi connectivity index (χ3n) is 2.97. The molecule has 0 aliphatic heterocycles. The highest BCUT2D eigenvalue weighted by Crippen LogP contribution is 2.25.